The second-order valence-electron chi connectivity index (χ2n) is 6.04. The molecule has 0 saturated carbocycles. The summed E-state index contributed by atoms with van der Waals surface area (Å²) in [6.07, 6.45) is -0.137. The summed E-state index contributed by atoms with van der Waals surface area (Å²) in [6, 6.07) is 4.60. The van der Waals surface area contributed by atoms with Crippen molar-refractivity contribution in [2.75, 3.05) is 6.54 Å². The highest BCUT2D eigenvalue weighted by Crippen LogP contribution is 2.27. The normalized spacial score (nSPS) is 22.1. The molecule has 1 aromatic carbocycles. The first-order chi connectivity index (χ1) is 12.3. The fourth-order valence-electron chi connectivity index (χ4n) is 2.80. The van der Waals surface area contributed by atoms with Crippen molar-refractivity contribution in [2.24, 2.45) is 0 Å². The maximum absolute atomic E-state index is 12.8. The highest BCUT2D eigenvalue weighted by atomic mass is 32.2. The first-order valence-electron chi connectivity index (χ1n) is 8.41. The average molecular weight is 381 g/mol. The van der Waals surface area contributed by atoms with E-state index in [1.54, 1.807) is 6.92 Å². The lowest BCUT2D eigenvalue weighted by Crippen LogP contribution is -2.51. The van der Waals surface area contributed by atoms with Crippen molar-refractivity contribution >= 4 is 16.0 Å². The number of carboxylic acid groups (broad SMARTS) is 1. The summed E-state index contributed by atoms with van der Waals surface area (Å²) < 4.78 is 32.2. The standard InChI is InChI=1S/C18H23NO6S/c1-3-5-14(4-2)25-15-7-9-16(10-8-15)26(23,24)19-12-13(20)6-11-17(19)18(21)22/h7-10,13-14,17,20H,4,6,11-12H2,1-2H3,(H,21,22). The number of piperidine rings is 1. The summed E-state index contributed by atoms with van der Waals surface area (Å²) in [5.41, 5.74) is 0. The van der Waals surface area contributed by atoms with E-state index in [9.17, 15) is 23.4 Å². The number of β-amino-alcohol motifs (C(OH)–C–C–N with tert-alkyl or cyclic N) is 1. The molecule has 0 radical (unpaired) electrons. The number of carbonyl (C=O) groups is 1. The van der Waals surface area contributed by atoms with E-state index < -0.39 is 28.1 Å². The number of aliphatic hydroxyl groups excluding tert-OH is 1. The zero-order valence-electron chi connectivity index (χ0n) is 14.8. The minimum atomic E-state index is -4.04. The number of hydrogen-bond acceptors (Lipinski definition) is 5. The lowest BCUT2D eigenvalue weighted by Gasteiger charge is -2.34. The predicted molar refractivity (Wildman–Crippen MR) is 95.2 cm³/mol. The molecular formula is C18H23NO6S. The fraction of sp³-hybridized carbons (Fsp3) is 0.500. The molecule has 1 aliphatic heterocycles. The molecule has 1 saturated heterocycles. The maximum atomic E-state index is 12.8. The van der Waals surface area contributed by atoms with Crippen LogP contribution in [0.25, 0.3) is 0 Å². The molecule has 1 aromatic rings. The number of sulfonamides is 1. The van der Waals surface area contributed by atoms with Crippen molar-refractivity contribution < 1.29 is 28.2 Å². The Labute approximate surface area is 153 Å². The van der Waals surface area contributed by atoms with E-state index in [2.05, 4.69) is 11.8 Å². The molecule has 1 aliphatic rings. The number of benzene rings is 1. The van der Waals surface area contributed by atoms with Crippen molar-refractivity contribution in [3.63, 3.8) is 0 Å². The summed E-state index contributed by atoms with van der Waals surface area (Å²) in [7, 11) is -4.04. The zero-order chi connectivity index (χ0) is 19.3. The molecule has 0 aliphatic carbocycles. The Bertz CT molecular complexity index is 793. The quantitative estimate of drug-likeness (QED) is 0.723. The number of carboxylic acids is 1. The number of aliphatic hydroxyl groups is 1. The van der Waals surface area contributed by atoms with Gasteiger partial charge in [-0.05, 0) is 50.5 Å². The van der Waals surface area contributed by atoms with Crippen LogP contribution < -0.4 is 4.74 Å². The van der Waals surface area contributed by atoms with Gasteiger partial charge >= 0.3 is 5.97 Å². The summed E-state index contributed by atoms with van der Waals surface area (Å²) >= 11 is 0. The highest BCUT2D eigenvalue weighted by molar-refractivity contribution is 7.89. The van der Waals surface area contributed by atoms with E-state index >= 15 is 0 Å². The molecule has 3 unspecified atom stereocenters. The van der Waals surface area contributed by atoms with E-state index in [4.69, 9.17) is 4.74 Å². The van der Waals surface area contributed by atoms with Gasteiger partial charge in [-0.1, -0.05) is 12.8 Å². The second-order valence-corrected chi connectivity index (χ2v) is 7.93. The van der Waals surface area contributed by atoms with Gasteiger partial charge in [0.05, 0.1) is 11.0 Å². The van der Waals surface area contributed by atoms with Crippen molar-refractivity contribution in [3.8, 4) is 17.6 Å². The lowest BCUT2D eigenvalue weighted by molar-refractivity contribution is -0.143. The van der Waals surface area contributed by atoms with Crippen LogP contribution in [0.15, 0.2) is 29.2 Å². The molecule has 0 aromatic heterocycles. The molecule has 142 valence electrons. The van der Waals surface area contributed by atoms with E-state index in [0.29, 0.717) is 12.2 Å². The first kappa shape index (κ1) is 20.2. The number of ether oxygens (including phenoxy) is 1. The molecular weight excluding hydrogens is 358 g/mol. The van der Waals surface area contributed by atoms with Gasteiger partial charge < -0.3 is 14.9 Å². The van der Waals surface area contributed by atoms with Crippen molar-refractivity contribution in [1.82, 2.24) is 4.31 Å². The van der Waals surface area contributed by atoms with Crippen molar-refractivity contribution in [1.29, 1.82) is 0 Å². The third-order valence-corrected chi connectivity index (χ3v) is 6.07. The molecule has 8 heteroatoms. The Morgan fingerprint density at radius 3 is 2.54 bits per heavy atom. The van der Waals surface area contributed by atoms with Crippen LogP contribution in [-0.4, -0.2) is 53.7 Å². The molecule has 2 N–H and O–H groups in total. The lowest BCUT2D eigenvalue weighted by atomic mass is 10.0. The van der Waals surface area contributed by atoms with Crippen molar-refractivity contribution in [3.05, 3.63) is 24.3 Å². The molecule has 7 nitrogen and oxygen atoms in total. The van der Waals surface area contributed by atoms with Gasteiger partial charge in [-0.3, -0.25) is 4.79 Å². The zero-order valence-corrected chi connectivity index (χ0v) is 15.6. The van der Waals surface area contributed by atoms with Gasteiger partial charge in [-0.25, -0.2) is 8.42 Å². The minimum Gasteiger partial charge on any atom is -0.480 e. The molecule has 3 atom stereocenters. The van der Waals surface area contributed by atoms with E-state index in [1.807, 2.05) is 6.92 Å². The van der Waals surface area contributed by atoms with Crippen LogP contribution in [0.1, 0.15) is 33.1 Å². The molecule has 2 rings (SSSR count). The Morgan fingerprint density at radius 2 is 2.00 bits per heavy atom. The molecule has 1 fully saturated rings. The maximum Gasteiger partial charge on any atom is 0.322 e. The smallest absolute Gasteiger partial charge is 0.322 e. The first-order valence-corrected chi connectivity index (χ1v) is 9.85. The van der Waals surface area contributed by atoms with Crippen LogP contribution in [0.3, 0.4) is 0 Å². The van der Waals surface area contributed by atoms with Gasteiger partial charge in [-0.2, -0.15) is 4.31 Å². The minimum absolute atomic E-state index is 0.0418. The second kappa shape index (κ2) is 8.54. The van der Waals surface area contributed by atoms with Gasteiger partial charge in [0, 0.05) is 6.54 Å². The van der Waals surface area contributed by atoms with Crippen LogP contribution >= 0.6 is 0 Å². The van der Waals surface area contributed by atoms with E-state index in [1.165, 1.54) is 24.3 Å². The Hall–Kier alpha value is -2.08. The molecule has 0 spiro atoms. The predicted octanol–water partition coefficient (Wildman–Crippen LogP) is 1.47. The van der Waals surface area contributed by atoms with Crippen LogP contribution in [0, 0.1) is 11.8 Å². The van der Waals surface area contributed by atoms with Gasteiger partial charge in [0.1, 0.15) is 11.8 Å². The Morgan fingerprint density at radius 1 is 1.35 bits per heavy atom. The average Bonchev–Trinajstić information content (AvgIpc) is 2.61. The summed E-state index contributed by atoms with van der Waals surface area (Å²) in [4.78, 5) is 11.4. The summed E-state index contributed by atoms with van der Waals surface area (Å²) in [5.74, 6) is 4.95. The van der Waals surface area contributed by atoms with Gasteiger partial charge in [0.15, 0.2) is 6.10 Å². The fourth-order valence-corrected chi connectivity index (χ4v) is 4.45. The number of aliphatic carboxylic acids is 1. The van der Waals surface area contributed by atoms with Crippen molar-refractivity contribution in [2.45, 2.75) is 56.3 Å². The van der Waals surface area contributed by atoms with Gasteiger partial charge in [-0.15, -0.1) is 5.92 Å². The Kier molecular flexibility index (Phi) is 6.64. The molecule has 0 bridgehead atoms. The van der Waals surface area contributed by atoms with Crippen LogP contribution in [0.4, 0.5) is 0 Å². The monoisotopic (exact) mass is 381 g/mol. The number of nitrogens with zero attached hydrogens (tertiary/aromatic N) is 1. The third-order valence-electron chi connectivity index (χ3n) is 4.18. The number of hydrogen-bond donors (Lipinski definition) is 2. The largest absolute Gasteiger partial charge is 0.480 e. The molecule has 0 amide bonds. The van der Waals surface area contributed by atoms with E-state index in [0.717, 1.165) is 4.31 Å². The topological polar surface area (TPSA) is 104 Å². The third kappa shape index (κ3) is 4.55. The van der Waals surface area contributed by atoms with Crippen LogP contribution in [0.2, 0.25) is 0 Å². The van der Waals surface area contributed by atoms with E-state index in [-0.39, 0.29) is 30.4 Å². The number of rotatable bonds is 6. The summed E-state index contributed by atoms with van der Waals surface area (Å²) in [6.45, 7) is 3.41. The molecule has 1 heterocycles. The Balaban J connectivity index is 2.25. The van der Waals surface area contributed by atoms with Crippen LogP contribution in [0.5, 0.6) is 5.75 Å². The van der Waals surface area contributed by atoms with Gasteiger partial charge in [0.2, 0.25) is 10.0 Å². The molecule has 26 heavy (non-hydrogen) atoms. The highest BCUT2D eigenvalue weighted by Gasteiger charge is 2.40. The summed E-state index contributed by atoms with van der Waals surface area (Å²) in [5, 5.41) is 19.1. The van der Waals surface area contributed by atoms with Crippen LogP contribution in [-0.2, 0) is 14.8 Å². The van der Waals surface area contributed by atoms with Gasteiger partial charge in [0.25, 0.3) is 0 Å². The SMILES string of the molecule is CC#CC(CC)Oc1ccc(S(=O)(=O)N2CC(O)CCC2C(=O)O)cc1.